The zero-order valence-electron chi connectivity index (χ0n) is 18.0. The van der Waals surface area contributed by atoms with Crippen LogP contribution in [0.5, 0.6) is 5.75 Å². The Labute approximate surface area is 183 Å². The van der Waals surface area contributed by atoms with E-state index in [1.807, 2.05) is 32.0 Å². The Hall–Kier alpha value is -3.16. The van der Waals surface area contributed by atoms with Crippen LogP contribution in [0.1, 0.15) is 27.0 Å². The third kappa shape index (κ3) is 5.31. The molecular weight excluding hydrogens is 412 g/mol. The lowest BCUT2D eigenvalue weighted by atomic mass is 10.1. The van der Waals surface area contributed by atoms with E-state index in [0.29, 0.717) is 11.3 Å². The first-order valence-corrected chi connectivity index (χ1v) is 11.2. The van der Waals surface area contributed by atoms with Gasteiger partial charge in [-0.25, -0.2) is 8.42 Å². The summed E-state index contributed by atoms with van der Waals surface area (Å²) in [4.78, 5) is 12.7. The summed E-state index contributed by atoms with van der Waals surface area (Å²) in [5.74, 6) is 0.383. The molecule has 0 aromatic heterocycles. The van der Waals surface area contributed by atoms with Crippen molar-refractivity contribution in [2.45, 2.75) is 25.3 Å². The number of aryl methyl sites for hydroxylation is 2. The summed E-state index contributed by atoms with van der Waals surface area (Å²) in [7, 11) is -0.582. The number of sulfonamides is 1. The van der Waals surface area contributed by atoms with Gasteiger partial charge in [-0.3, -0.25) is 4.79 Å². The number of ether oxygens (including phenoxy) is 1. The van der Waals surface area contributed by atoms with Gasteiger partial charge in [-0.15, -0.1) is 0 Å². The maximum Gasteiger partial charge on any atom is 0.255 e. The SMILES string of the molecule is COc1ccc(S(=O)(=O)N(C)Cc2ccc(C(=O)Nc3ccc(C)cc3C)cc2)cc1. The highest BCUT2D eigenvalue weighted by molar-refractivity contribution is 7.89. The quantitative estimate of drug-likeness (QED) is 0.594. The third-order valence-corrected chi connectivity index (χ3v) is 6.84. The van der Waals surface area contributed by atoms with Crippen molar-refractivity contribution in [3.8, 4) is 5.75 Å². The van der Waals surface area contributed by atoms with Crippen LogP contribution in [0.15, 0.2) is 71.6 Å². The third-order valence-electron chi connectivity index (χ3n) is 5.02. The van der Waals surface area contributed by atoms with E-state index in [9.17, 15) is 13.2 Å². The molecule has 0 aliphatic heterocycles. The number of amides is 1. The second-order valence-electron chi connectivity index (χ2n) is 7.41. The van der Waals surface area contributed by atoms with Crippen LogP contribution in [0.25, 0.3) is 0 Å². The van der Waals surface area contributed by atoms with Crippen molar-refractivity contribution in [1.29, 1.82) is 0 Å². The molecule has 3 aromatic rings. The first-order chi connectivity index (χ1) is 14.7. The van der Waals surface area contributed by atoms with Gasteiger partial charge in [-0.2, -0.15) is 4.31 Å². The highest BCUT2D eigenvalue weighted by atomic mass is 32.2. The molecule has 162 valence electrons. The normalized spacial score (nSPS) is 11.4. The van der Waals surface area contributed by atoms with Crippen molar-refractivity contribution in [3.63, 3.8) is 0 Å². The summed E-state index contributed by atoms with van der Waals surface area (Å²) < 4.78 is 31.9. The first-order valence-electron chi connectivity index (χ1n) is 9.78. The number of anilines is 1. The number of hydrogen-bond donors (Lipinski definition) is 1. The summed E-state index contributed by atoms with van der Waals surface area (Å²) >= 11 is 0. The Bertz CT molecular complexity index is 1170. The molecule has 0 bridgehead atoms. The Morgan fingerprint density at radius 3 is 2.19 bits per heavy atom. The molecule has 3 rings (SSSR count). The number of rotatable bonds is 7. The van der Waals surface area contributed by atoms with E-state index in [2.05, 4.69) is 5.32 Å². The molecule has 7 heteroatoms. The molecule has 0 spiro atoms. The van der Waals surface area contributed by atoms with Crippen molar-refractivity contribution in [2.75, 3.05) is 19.5 Å². The van der Waals surface area contributed by atoms with Crippen molar-refractivity contribution in [1.82, 2.24) is 4.31 Å². The van der Waals surface area contributed by atoms with Gasteiger partial charge in [-0.1, -0.05) is 29.8 Å². The largest absolute Gasteiger partial charge is 0.497 e. The molecule has 0 aliphatic carbocycles. The number of nitrogens with one attached hydrogen (secondary N) is 1. The van der Waals surface area contributed by atoms with Crippen molar-refractivity contribution < 1.29 is 17.9 Å². The van der Waals surface area contributed by atoms with Crippen LogP contribution >= 0.6 is 0 Å². The lowest BCUT2D eigenvalue weighted by Gasteiger charge is -2.18. The topological polar surface area (TPSA) is 75.7 Å². The Morgan fingerprint density at radius 2 is 1.61 bits per heavy atom. The van der Waals surface area contributed by atoms with E-state index >= 15 is 0 Å². The molecule has 6 nitrogen and oxygen atoms in total. The van der Waals surface area contributed by atoms with E-state index in [-0.39, 0.29) is 17.3 Å². The molecule has 3 aromatic carbocycles. The number of benzene rings is 3. The van der Waals surface area contributed by atoms with E-state index in [0.717, 1.165) is 22.4 Å². The standard InChI is InChI=1S/C24H26N2O4S/c1-17-5-14-23(18(2)15-17)25-24(27)20-8-6-19(7-9-20)16-26(3)31(28,29)22-12-10-21(30-4)11-13-22/h5-15H,16H2,1-4H3,(H,25,27). The average molecular weight is 439 g/mol. The molecule has 0 atom stereocenters. The lowest BCUT2D eigenvalue weighted by molar-refractivity contribution is 0.102. The predicted molar refractivity (Wildman–Crippen MR) is 122 cm³/mol. The molecule has 1 amide bonds. The minimum atomic E-state index is -3.64. The highest BCUT2D eigenvalue weighted by Gasteiger charge is 2.21. The Kier molecular flexibility index (Phi) is 6.77. The molecule has 0 fully saturated rings. The van der Waals surface area contributed by atoms with Gasteiger partial charge in [0.05, 0.1) is 12.0 Å². The van der Waals surface area contributed by atoms with Gasteiger partial charge >= 0.3 is 0 Å². The van der Waals surface area contributed by atoms with Gasteiger partial charge in [0.1, 0.15) is 5.75 Å². The molecule has 31 heavy (non-hydrogen) atoms. The van der Waals surface area contributed by atoms with Crippen molar-refractivity contribution in [3.05, 3.63) is 89.0 Å². The van der Waals surface area contributed by atoms with Crippen molar-refractivity contribution in [2.24, 2.45) is 0 Å². The van der Waals surface area contributed by atoms with Crippen LogP contribution in [-0.4, -0.2) is 32.8 Å². The maximum atomic E-state index is 12.8. The summed E-state index contributed by atoms with van der Waals surface area (Å²) in [6.45, 7) is 4.14. The van der Waals surface area contributed by atoms with Gasteiger partial charge in [0, 0.05) is 24.8 Å². The fraction of sp³-hybridized carbons (Fsp3) is 0.208. The number of carbonyl (C=O) groups is 1. The molecular formula is C24H26N2O4S. The highest BCUT2D eigenvalue weighted by Crippen LogP contribution is 2.21. The van der Waals surface area contributed by atoms with Crippen LogP contribution < -0.4 is 10.1 Å². The maximum absolute atomic E-state index is 12.8. The molecule has 0 saturated carbocycles. The molecule has 0 aliphatic rings. The molecule has 0 heterocycles. The van der Waals surface area contributed by atoms with Gasteiger partial charge in [-0.05, 0) is 67.4 Å². The van der Waals surface area contributed by atoms with E-state index in [1.165, 1.54) is 30.6 Å². The fourth-order valence-electron chi connectivity index (χ4n) is 3.18. The number of nitrogens with zero attached hydrogens (tertiary/aromatic N) is 1. The second kappa shape index (κ2) is 9.32. The molecule has 0 saturated heterocycles. The predicted octanol–water partition coefficient (Wildman–Crippen LogP) is 4.39. The van der Waals surface area contributed by atoms with E-state index in [4.69, 9.17) is 4.74 Å². The van der Waals surface area contributed by atoms with E-state index < -0.39 is 10.0 Å². The summed E-state index contributed by atoms with van der Waals surface area (Å²) in [6, 6.07) is 19.0. The number of hydrogen-bond acceptors (Lipinski definition) is 4. The van der Waals surface area contributed by atoms with Crippen LogP contribution in [-0.2, 0) is 16.6 Å². The lowest BCUT2D eigenvalue weighted by Crippen LogP contribution is -2.26. The Morgan fingerprint density at radius 1 is 0.968 bits per heavy atom. The zero-order chi connectivity index (χ0) is 22.6. The summed E-state index contributed by atoms with van der Waals surface area (Å²) in [5, 5.41) is 2.91. The van der Waals surface area contributed by atoms with Gasteiger partial charge < -0.3 is 10.1 Å². The number of carbonyl (C=O) groups excluding carboxylic acids is 1. The smallest absolute Gasteiger partial charge is 0.255 e. The van der Waals surface area contributed by atoms with Crippen LogP contribution in [0.2, 0.25) is 0 Å². The van der Waals surface area contributed by atoms with Gasteiger partial charge in [0.15, 0.2) is 0 Å². The monoisotopic (exact) mass is 438 g/mol. The minimum Gasteiger partial charge on any atom is -0.497 e. The van der Waals surface area contributed by atoms with Crippen LogP contribution in [0.3, 0.4) is 0 Å². The molecule has 0 unspecified atom stereocenters. The second-order valence-corrected chi connectivity index (χ2v) is 9.45. The first kappa shape index (κ1) is 22.5. The van der Waals surface area contributed by atoms with Gasteiger partial charge in [0.2, 0.25) is 10.0 Å². The van der Waals surface area contributed by atoms with Crippen LogP contribution in [0.4, 0.5) is 5.69 Å². The minimum absolute atomic E-state index is 0.188. The average Bonchev–Trinajstić information content (AvgIpc) is 2.76. The Balaban J connectivity index is 1.68. The van der Waals surface area contributed by atoms with Crippen LogP contribution in [0, 0.1) is 13.8 Å². The number of methoxy groups -OCH3 is 1. The fourth-order valence-corrected chi connectivity index (χ4v) is 4.34. The van der Waals surface area contributed by atoms with Gasteiger partial charge in [0.25, 0.3) is 5.91 Å². The molecule has 1 N–H and O–H groups in total. The van der Waals surface area contributed by atoms with E-state index in [1.54, 1.807) is 36.4 Å². The summed E-state index contributed by atoms with van der Waals surface area (Å²) in [5.41, 5.74) is 4.18. The van der Waals surface area contributed by atoms with Crippen molar-refractivity contribution >= 4 is 21.6 Å². The zero-order valence-corrected chi connectivity index (χ0v) is 18.9. The molecule has 0 radical (unpaired) electrons. The summed E-state index contributed by atoms with van der Waals surface area (Å²) in [6.07, 6.45) is 0.